The lowest BCUT2D eigenvalue weighted by molar-refractivity contribution is 0.174. The fraction of sp³-hybridized carbons (Fsp3) is 0.188. The van der Waals surface area contributed by atoms with E-state index in [1.165, 1.54) is 0 Å². The summed E-state index contributed by atoms with van der Waals surface area (Å²) in [5.74, 6) is 2.94. The molecule has 0 radical (unpaired) electrons. The van der Waals surface area contributed by atoms with Crippen LogP contribution < -0.4 is 19.5 Å². The molecule has 0 bridgehead atoms. The van der Waals surface area contributed by atoms with Crippen LogP contribution in [0, 0.1) is 6.92 Å². The first kappa shape index (κ1) is 24.8. The highest BCUT2D eigenvalue weighted by Crippen LogP contribution is 2.40. The van der Waals surface area contributed by atoms with Crippen LogP contribution in [0.25, 0.3) is 11.5 Å². The number of hydrogen-bond donors (Lipinski definition) is 1. The zero-order valence-corrected chi connectivity index (χ0v) is 22.8. The molecule has 9 heteroatoms. The molecule has 7 rings (SSSR count). The summed E-state index contributed by atoms with van der Waals surface area (Å²) in [5.41, 5.74) is 5.28. The van der Waals surface area contributed by atoms with Crippen molar-refractivity contribution >= 4 is 11.7 Å². The summed E-state index contributed by atoms with van der Waals surface area (Å²) in [6.45, 7) is 5.02. The van der Waals surface area contributed by atoms with Gasteiger partial charge in [-0.3, -0.25) is 0 Å². The van der Waals surface area contributed by atoms with E-state index < -0.39 is 6.04 Å². The van der Waals surface area contributed by atoms with Gasteiger partial charge in [-0.05, 0) is 67.9 Å². The van der Waals surface area contributed by atoms with E-state index in [9.17, 15) is 4.79 Å². The second-order valence-electron chi connectivity index (χ2n) is 9.97. The molecular weight excluding hydrogens is 518 g/mol. The zero-order valence-electron chi connectivity index (χ0n) is 22.8. The van der Waals surface area contributed by atoms with E-state index >= 15 is 0 Å². The monoisotopic (exact) mass is 547 g/mol. The highest BCUT2D eigenvalue weighted by molar-refractivity contribution is 5.90. The number of amides is 2. The van der Waals surface area contributed by atoms with Gasteiger partial charge in [-0.2, -0.15) is 5.10 Å². The van der Waals surface area contributed by atoms with E-state index in [1.807, 2.05) is 96.4 Å². The molecule has 0 unspecified atom stereocenters. The standard InChI is InChI=1S/C32H29N5O4/c1-3-39-25-12-7-9-22(17-25)30-27-13-8-16-35(27)31-26(21(2)34-37(31)24-10-5-4-6-11-24)19-36(30)32(38)33-23-14-15-28-29(18-23)41-20-40-28/h4-18,30H,3,19-20H2,1-2H3,(H,33,38)/t30-/m1/s1. The Morgan fingerprint density at radius 1 is 1.00 bits per heavy atom. The number of anilines is 1. The van der Waals surface area contributed by atoms with Gasteiger partial charge in [0.25, 0.3) is 0 Å². The maximum absolute atomic E-state index is 14.2. The SMILES string of the molecule is CCOc1cccc([C@@H]2c3cccn3-c3c(c(C)nn3-c3ccccc3)CN2C(=O)Nc2ccc3c(c2)OCO3)c1. The zero-order chi connectivity index (χ0) is 27.9. The molecule has 2 aromatic heterocycles. The lowest BCUT2D eigenvalue weighted by atomic mass is 10.0. The first-order valence-electron chi connectivity index (χ1n) is 13.6. The van der Waals surface area contributed by atoms with Crippen LogP contribution in [0.3, 0.4) is 0 Å². The lowest BCUT2D eigenvalue weighted by Gasteiger charge is -2.31. The Morgan fingerprint density at radius 3 is 2.71 bits per heavy atom. The second kappa shape index (κ2) is 10.1. The van der Waals surface area contributed by atoms with Crippen molar-refractivity contribution in [3.63, 3.8) is 0 Å². The summed E-state index contributed by atoms with van der Waals surface area (Å²) in [6.07, 6.45) is 2.04. The molecule has 0 saturated heterocycles. The first-order valence-corrected chi connectivity index (χ1v) is 13.6. The number of carbonyl (C=O) groups is 1. The van der Waals surface area contributed by atoms with Gasteiger partial charge in [0.15, 0.2) is 11.5 Å². The second-order valence-corrected chi connectivity index (χ2v) is 9.97. The predicted molar refractivity (Wildman–Crippen MR) is 154 cm³/mol. The molecular formula is C32H29N5O4. The Balaban J connectivity index is 1.37. The molecule has 4 heterocycles. The van der Waals surface area contributed by atoms with Gasteiger partial charge in [0.05, 0.1) is 36.3 Å². The van der Waals surface area contributed by atoms with Crippen molar-refractivity contribution in [2.45, 2.75) is 26.4 Å². The summed E-state index contributed by atoms with van der Waals surface area (Å²) >= 11 is 0. The molecule has 0 aliphatic carbocycles. The third-order valence-corrected chi connectivity index (χ3v) is 7.46. The van der Waals surface area contributed by atoms with Crippen molar-refractivity contribution in [1.82, 2.24) is 19.2 Å². The molecule has 1 atom stereocenters. The summed E-state index contributed by atoms with van der Waals surface area (Å²) in [4.78, 5) is 16.1. The highest BCUT2D eigenvalue weighted by atomic mass is 16.7. The van der Waals surface area contributed by atoms with Crippen molar-refractivity contribution in [1.29, 1.82) is 0 Å². The minimum Gasteiger partial charge on any atom is -0.494 e. The molecule has 9 nitrogen and oxygen atoms in total. The number of nitrogens with zero attached hydrogens (tertiary/aromatic N) is 4. The molecule has 0 saturated carbocycles. The first-order chi connectivity index (χ1) is 20.1. The van der Waals surface area contributed by atoms with Gasteiger partial charge >= 0.3 is 6.03 Å². The summed E-state index contributed by atoms with van der Waals surface area (Å²) in [7, 11) is 0. The Morgan fingerprint density at radius 2 is 1.85 bits per heavy atom. The van der Waals surface area contributed by atoms with Gasteiger partial charge in [0.2, 0.25) is 6.79 Å². The van der Waals surface area contributed by atoms with Crippen LogP contribution in [0.1, 0.15) is 35.5 Å². The number of fused-ring (bicyclic) bond motifs is 4. The molecule has 2 aliphatic rings. The van der Waals surface area contributed by atoms with Gasteiger partial charge in [0, 0.05) is 23.5 Å². The fourth-order valence-electron chi connectivity index (χ4n) is 5.61. The Kier molecular flexibility index (Phi) is 6.11. The van der Waals surface area contributed by atoms with Gasteiger partial charge in [-0.25, -0.2) is 9.48 Å². The number of nitrogens with one attached hydrogen (secondary N) is 1. The average Bonchev–Trinajstić information content (AvgIpc) is 3.71. The van der Waals surface area contributed by atoms with Gasteiger partial charge in [-0.1, -0.05) is 30.3 Å². The topological polar surface area (TPSA) is 82.8 Å². The van der Waals surface area contributed by atoms with E-state index in [1.54, 1.807) is 12.1 Å². The number of carbonyl (C=O) groups excluding carboxylic acids is 1. The number of benzene rings is 3. The quantitative estimate of drug-likeness (QED) is 0.282. The minimum absolute atomic E-state index is 0.168. The van der Waals surface area contributed by atoms with E-state index in [0.717, 1.165) is 39.8 Å². The van der Waals surface area contributed by atoms with Crippen LogP contribution in [0.15, 0.2) is 91.1 Å². The maximum atomic E-state index is 14.2. The molecule has 2 amide bonds. The molecule has 3 aromatic carbocycles. The number of aryl methyl sites for hydroxylation is 1. The Labute approximate surface area is 237 Å². The number of para-hydroxylation sites is 1. The molecule has 0 fully saturated rings. The summed E-state index contributed by atoms with van der Waals surface area (Å²) in [6, 6.07) is 26.8. The fourth-order valence-corrected chi connectivity index (χ4v) is 5.61. The molecule has 1 N–H and O–H groups in total. The van der Waals surface area contributed by atoms with Crippen molar-refractivity contribution in [2.24, 2.45) is 0 Å². The third-order valence-electron chi connectivity index (χ3n) is 7.46. The summed E-state index contributed by atoms with van der Waals surface area (Å²) in [5, 5.41) is 8.03. The highest BCUT2D eigenvalue weighted by Gasteiger charge is 2.36. The number of hydrogen-bond acceptors (Lipinski definition) is 5. The van der Waals surface area contributed by atoms with Crippen molar-refractivity contribution < 1.29 is 19.0 Å². The number of urea groups is 1. The maximum Gasteiger partial charge on any atom is 0.322 e. The third kappa shape index (κ3) is 4.35. The van der Waals surface area contributed by atoms with Crippen LogP contribution >= 0.6 is 0 Å². The van der Waals surface area contributed by atoms with Crippen molar-refractivity contribution in [3.8, 4) is 28.8 Å². The number of ether oxygens (including phenoxy) is 3. The molecule has 5 aromatic rings. The van der Waals surface area contributed by atoms with Crippen LogP contribution in [-0.4, -0.2) is 38.7 Å². The van der Waals surface area contributed by atoms with Crippen LogP contribution in [0.2, 0.25) is 0 Å². The number of rotatable bonds is 5. The van der Waals surface area contributed by atoms with Crippen molar-refractivity contribution in [2.75, 3.05) is 18.7 Å². The Bertz CT molecular complexity index is 1740. The average molecular weight is 548 g/mol. The number of aromatic nitrogens is 3. The van der Waals surface area contributed by atoms with E-state index in [0.29, 0.717) is 30.3 Å². The van der Waals surface area contributed by atoms with Crippen LogP contribution in [0.4, 0.5) is 10.5 Å². The normalized spacial score (nSPS) is 15.2. The van der Waals surface area contributed by atoms with Gasteiger partial charge in [-0.15, -0.1) is 0 Å². The van der Waals surface area contributed by atoms with E-state index in [-0.39, 0.29) is 12.8 Å². The minimum atomic E-state index is -0.407. The largest absolute Gasteiger partial charge is 0.494 e. The van der Waals surface area contributed by atoms with Gasteiger partial charge < -0.3 is 29.0 Å². The molecule has 206 valence electrons. The molecule has 2 aliphatic heterocycles. The van der Waals surface area contributed by atoms with Gasteiger partial charge in [0.1, 0.15) is 11.6 Å². The molecule has 0 spiro atoms. The molecule has 41 heavy (non-hydrogen) atoms. The van der Waals surface area contributed by atoms with E-state index in [2.05, 4.69) is 16.0 Å². The van der Waals surface area contributed by atoms with E-state index in [4.69, 9.17) is 19.3 Å². The summed E-state index contributed by atoms with van der Waals surface area (Å²) < 4.78 is 20.9. The van der Waals surface area contributed by atoms with Crippen LogP contribution in [-0.2, 0) is 6.54 Å². The lowest BCUT2D eigenvalue weighted by Crippen LogP contribution is -2.38. The van der Waals surface area contributed by atoms with Crippen molar-refractivity contribution in [3.05, 3.63) is 114 Å². The van der Waals surface area contributed by atoms with Crippen LogP contribution in [0.5, 0.6) is 17.2 Å². The predicted octanol–water partition coefficient (Wildman–Crippen LogP) is 6.24. The Hall–Kier alpha value is -5.18. The smallest absolute Gasteiger partial charge is 0.322 e.